The first-order chi connectivity index (χ1) is 20.6. The maximum Gasteiger partial charge on any atom is 0 e. The molecule has 225 valence electrons. The number of nitrogens with zero attached hydrogens (tertiary/aromatic N) is 5. The third-order valence-electron chi connectivity index (χ3n) is 7.65. The van der Waals surface area contributed by atoms with E-state index >= 15 is 0 Å². The summed E-state index contributed by atoms with van der Waals surface area (Å²) in [7, 11) is 0. The van der Waals surface area contributed by atoms with Crippen LogP contribution in [0.15, 0.2) is 77.5 Å². The van der Waals surface area contributed by atoms with Gasteiger partial charge in [0.1, 0.15) is 5.52 Å². The molecular weight excluding hydrogens is 783 g/mol. The fraction of sp³-hybridized carbons (Fsp3) is 0.222. The van der Waals surface area contributed by atoms with Crippen molar-refractivity contribution in [3.63, 3.8) is 0 Å². The van der Waals surface area contributed by atoms with Crippen molar-refractivity contribution in [1.82, 2.24) is 24.5 Å². The second-order valence-corrected chi connectivity index (χ2v) is 22.6. The molecule has 0 bridgehead atoms. The molecule has 0 aliphatic rings. The fourth-order valence-electron chi connectivity index (χ4n) is 5.22. The minimum Gasteiger partial charge on any atom is 0 e. The van der Waals surface area contributed by atoms with Crippen LogP contribution in [0, 0.1) is 32.9 Å². The predicted molar refractivity (Wildman–Crippen MR) is 178 cm³/mol. The summed E-state index contributed by atoms with van der Waals surface area (Å²) in [5, 5.41) is 0.982. The van der Waals surface area contributed by atoms with Crippen LogP contribution in [0.25, 0.3) is 55.9 Å². The zero-order valence-electron chi connectivity index (χ0n) is 26.1. The molecule has 0 aliphatic heterocycles. The van der Waals surface area contributed by atoms with E-state index in [2.05, 4.69) is 93.1 Å². The number of para-hydroxylation sites is 2. The number of benzene rings is 3. The SMILES string of the molecule is CCn1c(-c2[c-]cc(C)c3c2oc2nc(C)cnc23)nc2ccccc21.Cc1c[c-]c(-c2cc[c]([Ge]([CH3])([CH3])[CH3])cn2)cc1.[Ir]. The van der Waals surface area contributed by atoms with Gasteiger partial charge in [-0.25, -0.2) is 4.98 Å². The van der Waals surface area contributed by atoms with Gasteiger partial charge in [0.25, 0.3) is 0 Å². The van der Waals surface area contributed by atoms with E-state index in [0.717, 1.165) is 68.0 Å². The van der Waals surface area contributed by atoms with E-state index in [-0.39, 0.29) is 20.1 Å². The van der Waals surface area contributed by atoms with E-state index in [9.17, 15) is 0 Å². The molecule has 6 nitrogen and oxygen atoms in total. The van der Waals surface area contributed by atoms with Crippen LogP contribution < -0.4 is 4.40 Å². The Balaban J connectivity index is 0.000000187. The average molecular weight is 819 g/mol. The van der Waals surface area contributed by atoms with Gasteiger partial charge in [0.15, 0.2) is 0 Å². The second-order valence-electron chi connectivity index (χ2n) is 11.9. The van der Waals surface area contributed by atoms with Crippen LogP contribution >= 0.6 is 0 Å². The Hall–Kier alpha value is -3.65. The molecule has 0 aliphatic carbocycles. The van der Waals surface area contributed by atoms with Gasteiger partial charge in [-0.05, 0) is 31.4 Å². The molecule has 0 fully saturated rings. The average Bonchev–Trinajstić information content (AvgIpc) is 3.56. The van der Waals surface area contributed by atoms with E-state index in [1.807, 2.05) is 50.4 Å². The Morgan fingerprint density at radius 2 is 1.66 bits per heavy atom. The van der Waals surface area contributed by atoms with Crippen LogP contribution in [0.1, 0.15) is 23.7 Å². The Labute approximate surface area is 274 Å². The van der Waals surface area contributed by atoms with Crippen LogP contribution in [0.2, 0.25) is 17.3 Å². The van der Waals surface area contributed by atoms with Crippen LogP contribution in [-0.4, -0.2) is 37.8 Å². The fourth-order valence-corrected chi connectivity index (χ4v) is 7.40. The van der Waals surface area contributed by atoms with E-state index in [1.54, 1.807) is 6.20 Å². The van der Waals surface area contributed by atoms with Gasteiger partial charge in [0.05, 0.1) is 28.1 Å². The van der Waals surface area contributed by atoms with Gasteiger partial charge in [0, 0.05) is 32.8 Å². The van der Waals surface area contributed by atoms with Gasteiger partial charge in [-0.3, -0.25) is 9.97 Å². The number of furan rings is 1. The summed E-state index contributed by atoms with van der Waals surface area (Å²) in [5.74, 6) is 8.01. The van der Waals surface area contributed by atoms with Crippen molar-refractivity contribution in [1.29, 1.82) is 0 Å². The van der Waals surface area contributed by atoms with E-state index < -0.39 is 13.3 Å². The van der Waals surface area contributed by atoms with E-state index in [4.69, 9.17) is 9.40 Å². The molecule has 0 saturated heterocycles. The summed E-state index contributed by atoms with van der Waals surface area (Å²) < 4.78 is 9.77. The Bertz CT molecular complexity index is 2070. The first-order valence-corrected chi connectivity index (χ1v) is 22.0. The van der Waals surface area contributed by atoms with Crippen LogP contribution in [0.5, 0.6) is 0 Å². The van der Waals surface area contributed by atoms with Gasteiger partial charge < -0.3 is 8.98 Å². The molecule has 7 rings (SSSR count). The van der Waals surface area contributed by atoms with Crippen molar-refractivity contribution in [2.75, 3.05) is 0 Å². The molecule has 0 saturated carbocycles. The third kappa shape index (κ3) is 6.14. The maximum absolute atomic E-state index is 6.14. The summed E-state index contributed by atoms with van der Waals surface area (Å²) >= 11 is -1.73. The van der Waals surface area contributed by atoms with Crippen molar-refractivity contribution in [2.24, 2.45) is 0 Å². The van der Waals surface area contributed by atoms with Gasteiger partial charge in [-0.1, -0.05) is 24.6 Å². The summed E-state index contributed by atoms with van der Waals surface area (Å²) in [6.45, 7) is 8.96. The predicted octanol–water partition coefficient (Wildman–Crippen LogP) is 8.23. The number of imidazole rings is 1. The first-order valence-electron chi connectivity index (χ1n) is 14.6. The summed E-state index contributed by atoms with van der Waals surface area (Å²) in [4.78, 5) is 18.5. The molecule has 0 unspecified atom stereocenters. The molecule has 4 heterocycles. The Kier molecular flexibility index (Phi) is 9.21. The van der Waals surface area contributed by atoms with Crippen LogP contribution in [0.3, 0.4) is 0 Å². The number of fused-ring (bicyclic) bond motifs is 4. The Morgan fingerprint density at radius 1 is 0.864 bits per heavy atom. The summed E-state index contributed by atoms with van der Waals surface area (Å²) in [5.41, 5.74) is 10.2. The Morgan fingerprint density at radius 3 is 2.34 bits per heavy atom. The molecule has 1 radical (unpaired) electrons. The smallest absolute Gasteiger partial charge is 0 e. The molecular formula is C36H35GeIrN5O-2. The molecule has 7 aromatic rings. The number of rotatable bonds is 4. The molecule has 44 heavy (non-hydrogen) atoms. The minimum atomic E-state index is -1.73. The van der Waals surface area contributed by atoms with Crippen molar-refractivity contribution in [3.05, 3.63) is 102 Å². The van der Waals surface area contributed by atoms with Crippen molar-refractivity contribution in [2.45, 2.75) is 51.5 Å². The quantitative estimate of drug-likeness (QED) is 0.132. The summed E-state index contributed by atoms with van der Waals surface area (Å²) in [6.07, 6.45) is 3.82. The molecule has 3 aromatic carbocycles. The van der Waals surface area contributed by atoms with Gasteiger partial charge >= 0.3 is 106 Å². The van der Waals surface area contributed by atoms with E-state index in [0.29, 0.717) is 5.71 Å². The minimum absolute atomic E-state index is 0. The number of hydrogen-bond acceptors (Lipinski definition) is 5. The zero-order valence-corrected chi connectivity index (χ0v) is 30.6. The van der Waals surface area contributed by atoms with Gasteiger partial charge in [-0.2, -0.15) is 0 Å². The molecule has 0 N–H and O–H groups in total. The maximum atomic E-state index is 6.14. The number of hydrogen-bond donors (Lipinski definition) is 0. The zero-order chi connectivity index (χ0) is 30.3. The standard InChI is InChI=1S/C21H17N4O.C15H18GeN.Ir/c1-4-25-16-8-6-5-7-15(16)24-20(25)14-10-9-12(2)17-18-21(26-19(14)17)23-13(3)11-22-18;1-12-5-7-13(8-6-12)15-10-9-14(11-17-15)16(2,3)4;/h5-9,11H,4H2,1-3H3;5-7,9-11H,1-4H3;/q2*-1;. The van der Waals surface area contributed by atoms with Crippen molar-refractivity contribution >= 4 is 50.9 Å². The van der Waals surface area contributed by atoms with Gasteiger partial charge in [0.2, 0.25) is 5.71 Å². The molecule has 0 spiro atoms. The van der Waals surface area contributed by atoms with Gasteiger partial charge in [-0.15, -0.1) is 17.7 Å². The molecule has 4 aromatic heterocycles. The third-order valence-corrected chi connectivity index (χ3v) is 11.9. The van der Waals surface area contributed by atoms with E-state index in [1.165, 1.54) is 9.96 Å². The second kappa shape index (κ2) is 12.8. The summed E-state index contributed by atoms with van der Waals surface area (Å²) in [6, 6.07) is 27.3. The molecule has 0 atom stereocenters. The first kappa shape index (κ1) is 31.8. The number of pyridine rings is 1. The molecule has 8 heteroatoms. The molecule has 0 amide bonds. The van der Waals surface area contributed by atoms with Crippen molar-refractivity contribution < 1.29 is 24.5 Å². The normalized spacial score (nSPS) is 11.4. The number of aromatic nitrogens is 5. The largest absolute Gasteiger partial charge is 0 e. The monoisotopic (exact) mass is 820 g/mol. The number of aryl methyl sites for hydroxylation is 4. The van der Waals surface area contributed by atoms with Crippen molar-refractivity contribution in [3.8, 4) is 22.6 Å². The van der Waals surface area contributed by atoms with Crippen LogP contribution in [0.4, 0.5) is 0 Å². The van der Waals surface area contributed by atoms with Crippen LogP contribution in [-0.2, 0) is 26.7 Å². The topological polar surface area (TPSA) is 69.6 Å².